The van der Waals surface area contributed by atoms with Crippen molar-refractivity contribution in [3.63, 3.8) is 0 Å². The van der Waals surface area contributed by atoms with E-state index in [0.29, 0.717) is 29.4 Å². The van der Waals surface area contributed by atoms with Gasteiger partial charge in [-0.05, 0) is 55.2 Å². The second-order valence-corrected chi connectivity index (χ2v) is 8.68. The summed E-state index contributed by atoms with van der Waals surface area (Å²) in [6.07, 6.45) is -3.31. The largest absolute Gasteiger partial charge is 0.494 e. The van der Waals surface area contributed by atoms with Crippen LogP contribution in [0, 0.1) is 0 Å². The van der Waals surface area contributed by atoms with Gasteiger partial charge in [0, 0.05) is 11.6 Å². The molecule has 2 rings (SSSR count). The molecule has 0 aromatic heterocycles. The first kappa shape index (κ1) is 29.4. The van der Waals surface area contributed by atoms with Gasteiger partial charge in [0.15, 0.2) is 0 Å². The number of aliphatic hydroxyl groups excluding tert-OH is 5. The fraction of sp³-hybridized carbons (Fsp3) is 0.520. The lowest BCUT2D eigenvalue weighted by molar-refractivity contribution is -0.218. The maximum absolute atomic E-state index is 10.3. The Morgan fingerprint density at radius 1 is 1.20 bits per heavy atom. The van der Waals surface area contributed by atoms with Crippen molar-refractivity contribution in [3.8, 4) is 5.75 Å². The number of ether oxygens (including phenoxy) is 3. The summed E-state index contributed by atoms with van der Waals surface area (Å²) in [7, 11) is 0. The Morgan fingerprint density at radius 2 is 1.91 bits per heavy atom. The number of allylic oxidation sites excluding steroid dienone is 3. The summed E-state index contributed by atoms with van der Waals surface area (Å²) < 4.78 is 16.5. The number of benzene rings is 1. The van der Waals surface area contributed by atoms with Crippen LogP contribution in [0.4, 0.5) is 0 Å². The van der Waals surface area contributed by atoms with Gasteiger partial charge in [-0.25, -0.2) is 0 Å². The maximum Gasteiger partial charge on any atom is 0.144 e. The zero-order valence-corrected chi connectivity index (χ0v) is 20.8. The van der Waals surface area contributed by atoms with E-state index in [4.69, 9.17) is 31.5 Å². The van der Waals surface area contributed by atoms with Crippen molar-refractivity contribution in [2.45, 2.75) is 56.9 Å². The molecule has 0 radical (unpaired) electrons. The quantitative estimate of drug-likeness (QED) is 0.178. The maximum atomic E-state index is 10.3. The highest BCUT2D eigenvalue weighted by molar-refractivity contribution is 6.31. The minimum Gasteiger partial charge on any atom is -0.494 e. The van der Waals surface area contributed by atoms with Crippen LogP contribution in [0.15, 0.2) is 53.1 Å². The minimum absolute atomic E-state index is 0.165. The summed E-state index contributed by atoms with van der Waals surface area (Å²) in [5.74, 6) is 0.662. The molecule has 10 heteroatoms. The van der Waals surface area contributed by atoms with Crippen molar-refractivity contribution in [2.75, 3.05) is 26.6 Å². The van der Waals surface area contributed by atoms with E-state index in [1.54, 1.807) is 12.2 Å². The molecule has 1 aromatic carbocycles. The van der Waals surface area contributed by atoms with Crippen molar-refractivity contribution in [2.24, 2.45) is 5.73 Å². The van der Waals surface area contributed by atoms with Crippen LogP contribution < -0.4 is 10.5 Å². The van der Waals surface area contributed by atoms with Gasteiger partial charge in [-0.15, -0.1) is 0 Å². The van der Waals surface area contributed by atoms with Crippen LogP contribution >= 0.6 is 11.6 Å². The van der Waals surface area contributed by atoms with E-state index in [-0.39, 0.29) is 6.54 Å². The first-order valence-electron chi connectivity index (χ1n) is 11.4. The van der Waals surface area contributed by atoms with Gasteiger partial charge < -0.3 is 45.5 Å². The van der Waals surface area contributed by atoms with Gasteiger partial charge in [0.25, 0.3) is 0 Å². The molecule has 1 fully saturated rings. The summed E-state index contributed by atoms with van der Waals surface area (Å²) in [5.41, 5.74) is 8.67. The zero-order valence-electron chi connectivity index (χ0n) is 20.0. The third-order valence-corrected chi connectivity index (χ3v) is 6.28. The van der Waals surface area contributed by atoms with Gasteiger partial charge in [0.2, 0.25) is 0 Å². The third kappa shape index (κ3) is 7.60. The number of hydrogen-bond acceptors (Lipinski definition) is 9. The standard InChI is InChI=1S/C25H36ClNO8/c1-4-33-17-7-6-16(18(10-17)20(11-27)34-13-29)9-15(3)19(26)8-5-14(2)25-24(32)23(31)22(30)21(12-28)35-25/h5-8,10,20-25,28-32H,2,4,9,11-13,27H2,1,3H3/b8-5-,19-15-/t20?,21-,22-,23+,24-,25+/m1/s1. The molecule has 1 aliphatic rings. The Labute approximate surface area is 210 Å². The second-order valence-electron chi connectivity index (χ2n) is 8.28. The number of aliphatic hydroxyl groups is 5. The normalized spacial score (nSPS) is 26.5. The van der Waals surface area contributed by atoms with E-state index in [1.807, 2.05) is 32.0 Å². The average Bonchev–Trinajstić information content (AvgIpc) is 2.85. The van der Waals surface area contributed by atoms with Crippen LogP contribution in [0.5, 0.6) is 5.75 Å². The third-order valence-electron chi connectivity index (χ3n) is 5.83. The van der Waals surface area contributed by atoms with E-state index in [9.17, 15) is 25.5 Å². The molecule has 196 valence electrons. The zero-order chi connectivity index (χ0) is 26.1. The van der Waals surface area contributed by atoms with E-state index in [1.165, 1.54) is 0 Å². The molecule has 0 amide bonds. The summed E-state index contributed by atoms with van der Waals surface area (Å²) >= 11 is 6.51. The van der Waals surface area contributed by atoms with Gasteiger partial charge in [0.05, 0.1) is 19.3 Å². The molecule has 1 aliphatic heterocycles. The minimum atomic E-state index is -1.49. The Morgan fingerprint density at radius 3 is 2.51 bits per heavy atom. The van der Waals surface area contributed by atoms with E-state index < -0.39 is 50.0 Å². The highest BCUT2D eigenvalue weighted by atomic mass is 35.5. The lowest BCUT2D eigenvalue weighted by Gasteiger charge is -2.40. The highest BCUT2D eigenvalue weighted by Gasteiger charge is 2.43. The fourth-order valence-electron chi connectivity index (χ4n) is 3.86. The van der Waals surface area contributed by atoms with Gasteiger partial charge in [0.1, 0.15) is 43.1 Å². The molecular formula is C25H36ClNO8. The monoisotopic (exact) mass is 513 g/mol. The van der Waals surface area contributed by atoms with Gasteiger partial charge in [-0.2, -0.15) is 0 Å². The molecular weight excluding hydrogens is 478 g/mol. The molecule has 0 bridgehead atoms. The molecule has 1 unspecified atom stereocenters. The van der Waals surface area contributed by atoms with Gasteiger partial charge >= 0.3 is 0 Å². The first-order chi connectivity index (χ1) is 16.7. The van der Waals surface area contributed by atoms with Crippen LogP contribution in [-0.2, 0) is 15.9 Å². The smallest absolute Gasteiger partial charge is 0.144 e. The van der Waals surface area contributed by atoms with Gasteiger partial charge in [-0.1, -0.05) is 35.9 Å². The Kier molecular flexibility index (Phi) is 11.8. The summed E-state index contributed by atoms with van der Waals surface area (Å²) in [4.78, 5) is 0. The van der Waals surface area contributed by atoms with Crippen LogP contribution in [0.25, 0.3) is 0 Å². The van der Waals surface area contributed by atoms with E-state index in [2.05, 4.69) is 6.58 Å². The van der Waals surface area contributed by atoms with Crippen molar-refractivity contribution >= 4 is 11.6 Å². The second kappa shape index (κ2) is 14.1. The average molecular weight is 514 g/mol. The lowest BCUT2D eigenvalue weighted by atomic mass is 9.91. The van der Waals surface area contributed by atoms with Crippen molar-refractivity contribution in [1.82, 2.24) is 0 Å². The molecule has 35 heavy (non-hydrogen) atoms. The Hall–Kier alpha value is -1.79. The molecule has 1 heterocycles. The van der Waals surface area contributed by atoms with Crippen molar-refractivity contribution in [3.05, 3.63) is 64.2 Å². The SMILES string of the molecule is C=C(/C=C\C(Cl)=C(/C)Cc1ccc(OCC)cc1C(CN)OCO)[C@@H]1O[C@H](CO)[C@@H](O)[C@H](O)[C@H]1O. The predicted molar refractivity (Wildman–Crippen MR) is 132 cm³/mol. The molecule has 1 aromatic rings. The van der Waals surface area contributed by atoms with Crippen LogP contribution in [0.3, 0.4) is 0 Å². The number of halogens is 1. The van der Waals surface area contributed by atoms with Crippen molar-refractivity contribution < 1.29 is 39.7 Å². The summed E-state index contributed by atoms with van der Waals surface area (Å²) in [5, 5.41) is 49.2. The molecule has 0 spiro atoms. The lowest BCUT2D eigenvalue weighted by Crippen LogP contribution is -2.58. The van der Waals surface area contributed by atoms with Crippen LogP contribution in [-0.4, -0.2) is 82.6 Å². The highest BCUT2D eigenvalue weighted by Crippen LogP contribution is 2.30. The number of nitrogens with two attached hydrogens (primary N) is 1. The molecule has 9 nitrogen and oxygen atoms in total. The summed E-state index contributed by atoms with van der Waals surface area (Å²) in [6, 6.07) is 5.57. The number of hydrogen-bond donors (Lipinski definition) is 6. The van der Waals surface area contributed by atoms with E-state index in [0.717, 1.165) is 16.7 Å². The molecule has 7 N–H and O–H groups in total. The molecule has 0 aliphatic carbocycles. The van der Waals surface area contributed by atoms with Gasteiger partial charge in [-0.3, -0.25) is 0 Å². The van der Waals surface area contributed by atoms with E-state index >= 15 is 0 Å². The van der Waals surface area contributed by atoms with Crippen LogP contribution in [0.2, 0.25) is 0 Å². The number of rotatable bonds is 12. The topological polar surface area (TPSA) is 155 Å². The molecule has 1 saturated heterocycles. The Balaban J connectivity index is 2.22. The summed E-state index contributed by atoms with van der Waals surface area (Å²) in [6.45, 7) is 7.28. The predicted octanol–water partition coefficient (Wildman–Crippen LogP) is 1.06. The molecule has 6 atom stereocenters. The Bertz CT molecular complexity index is 903. The van der Waals surface area contributed by atoms with Crippen LogP contribution in [0.1, 0.15) is 31.1 Å². The molecule has 0 saturated carbocycles. The fourth-order valence-corrected chi connectivity index (χ4v) is 3.99. The first-order valence-corrected chi connectivity index (χ1v) is 11.8. The van der Waals surface area contributed by atoms with Crippen molar-refractivity contribution in [1.29, 1.82) is 0 Å².